The van der Waals surface area contributed by atoms with Gasteiger partial charge in [-0.3, -0.25) is 13.9 Å². The van der Waals surface area contributed by atoms with Crippen molar-refractivity contribution < 1.29 is 31.1 Å². The van der Waals surface area contributed by atoms with Crippen molar-refractivity contribution in [3.05, 3.63) is 142 Å². The van der Waals surface area contributed by atoms with Gasteiger partial charge in [0.2, 0.25) is 0 Å². The Hall–Kier alpha value is -4.98. The fourth-order valence-corrected chi connectivity index (χ4v) is 6.14. The van der Waals surface area contributed by atoms with Gasteiger partial charge in [-0.15, -0.1) is 0 Å². The number of aromatic nitrogens is 4. The molecule has 2 aromatic heterocycles. The molecule has 0 aliphatic heterocycles. The van der Waals surface area contributed by atoms with Crippen LogP contribution in [-0.2, 0) is 12.4 Å². The summed E-state index contributed by atoms with van der Waals surface area (Å²) in [4.78, 5) is 20.1. The molecule has 0 radical (unpaired) electrons. The number of carbonyl (C=O) groups excluding carboxylic acids is 1. The number of hydrogen-bond acceptors (Lipinski definition) is 3. The summed E-state index contributed by atoms with van der Waals surface area (Å²) in [6.07, 6.45) is -5.80. The van der Waals surface area contributed by atoms with Crippen molar-refractivity contribution in [3.63, 3.8) is 0 Å². The average Bonchev–Trinajstić information content (AvgIpc) is 3.70. The van der Waals surface area contributed by atoms with Gasteiger partial charge in [-0.05, 0) is 89.7 Å². The second-order valence-electron chi connectivity index (χ2n) is 10.8. The number of alkyl halides is 6. The molecular formula is C36H23F6IN4O. The van der Waals surface area contributed by atoms with E-state index in [9.17, 15) is 31.1 Å². The van der Waals surface area contributed by atoms with Gasteiger partial charge in [-0.2, -0.15) is 26.3 Å². The van der Waals surface area contributed by atoms with Gasteiger partial charge in [0.1, 0.15) is 12.7 Å². The molecule has 7 rings (SSSR count). The number of para-hydroxylation sites is 2. The summed E-state index contributed by atoms with van der Waals surface area (Å²) in [5, 5.41) is 0. The van der Waals surface area contributed by atoms with E-state index in [-0.39, 0.29) is 11.3 Å². The molecule has 0 bridgehead atoms. The zero-order chi connectivity index (χ0) is 34.2. The SMILES string of the molecule is CC(=O)c1cccc(-c2cc(C(F)(F)F)cc3ncn(-c4ccccc4)c23)c1.FC(F)(F)c1cc(I)c2c(c1)ncn2-c1ccccc1. The number of carbonyl (C=O) groups is 1. The van der Waals surface area contributed by atoms with E-state index in [1.54, 1.807) is 39.7 Å². The lowest BCUT2D eigenvalue weighted by molar-refractivity contribution is -0.138. The third kappa shape index (κ3) is 6.70. The van der Waals surface area contributed by atoms with E-state index in [0.717, 1.165) is 35.6 Å². The summed E-state index contributed by atoms with van der Waals surface area (Å²) < 4.78 is 82.8. The quantitative estimate of drug-likeness (QED) is 0.102. The normalized spacial score (nSPS) is 11.8. The van der Waals surface area contributed by atoms with Crippen molar-refractivity contribution in [2.75, 3.05) is 0 Å². The van der Waals surface area contributed by atoms with Crippen LogP contribution < -0.4 is 0 Å². The molecule has 0 spiro atoms. The molecule has 0 unspecified atom stereocenters. The topological polar surface area (TPSA) is 52.7 Å². The van der Waals surface area contributed by atoms with Crippen molar-refractivity contribution in [1.82, 2.24) is 19.1 Å². The lowest BCUT2D eigenvalue weighted by Gasteiger charge is -2.13. The molecular weight excluding hydrogens is 745 g/mol. The molecule has 48 heavy (non-hydrogen) atoms. The third-order valence-corrected chi connectivity index (χ3v) is 8.37. The number of halogens is 7. The van der Waals surface area contributed by atoms with E-state index in [0.29, 0.717) is 36.8 Å². The van der Waals surface area contributed by atoms with Crippen LogP contribution in [0.15, 0.2) is 122 Å². The number of hydrogen-bond donors (Lipinski definition) is 0. The first-order valence-corrected chi connectivity index (χ1v) is 15.4. The minimum absolute atomic E-state index is 0.151. The summed E-state index contributed by atoms with van der Waals surface area (Å²) in [6.45, 7) is 1.43. The number of nitrogens with zero attached hydrogens (tertiary/aromatic N) is 4. The van der Waals surface area contributed by atoms with E-state index >= 15 is 0 Å². The fraction of sp³-hybridized carbons (Fsp3) is 0.0833. The van der Waals surface area contributed by atoms with Crippen LogP contribution in [0.4, 0.5) is 26.3 Å². The molecule has 0 saturated heterocycles. The molecule has 5 aromatic carbocycles. The molecule has 2 heterocycles. The molecule has 7 aromatic rings. The van der Waals surface area contributed by atoms with E-state index in [4.69, 9.17) is 0 Å². The van der Waals surface area contributed by atoms with Crippen LogP contribution in [0.25, 0.3) is 44.6 Å². The van der Waals surface area contributed by atoms with Crippen molar-refractivity contribution in [2.24, 2.45) is 0 Å². The minimum atomic E-state index is -4.50. The second-order valence-corrected chi connectivity index (χ2v) is 11.9. The Kier molecular flexibility index (Phi) is 8.86. The van der Waals surface area contributed by atoms with Gasteiger partial charge in [-0.1, -0.05) is 54.6 Å². The van der Waals surface area contributed by atoms with E-state index in [1.165, 1.54) is 13.3 Å². The number of Topliss-reactive ketones (excluding diaryl/α,β-unsaturated/α-hetero) is 1. The molecule has 0 aliphatic carbocycles. The van der Waals surface area contributed by atoms with E-state index in [2.05, 4.69) is 9.97 Å². The number of rotatable bonds is 4. The molecule has 5 nitrogen and oxygen atoms in total. The first kappa shape index (κ1) is 32.9. The Morgan fingerprint density at radius 1 is 0.625 bits per heavy atom. The first-order chi connectivity index (χ1) is 22.8. The predicted octanol–water partition coefficient (Wildman–Crippen LogP) is 10.6. The van der Waals surface area contributed by atoms with Crippen LogP contribution >= 0.6 is 22.6 Å². The van der Waals surface area contributed by atoms with Gasteiger partial charge in [-0.25, -0.2) is 9.97 Å². The molecule has 0 N–H and O–H groups in total. The third-order valence-electron chi connectivity index (χ3n) is 7.54. The molecule has 0 fully saturated rings. The first-order valence-electron chi connectivity index (χ1n) is 14.4. The predicted molar refractivity (Wildman–Crippen MR) is 180 cm³/mol. The summed E-state index contributed by atoms with van der Waals surface area (Å²) in [5.74, 6) is -0.151. The fourth-order valence-electron chi connectivity index (χ4n) is 5.27. The van der Waals surface area contributed by atoms with Crippen LogP contribution in [0, 0.1) is 3.57 Å². The molecule has 0 saturated carbocycles. The van der Waals surface area contributed by atoms with Crippen molar-refractivity contribution in [3.8, 4) is 22.5 Å². The maximum atomic E-state index is 13.5. The van der Waals surface area contributed by atoms with Gasteiger partial charge >= 0.3 is 12.4 Å². The van der Waals surface area contributed by atoms with Crippen molar-refractivity contribution >= 4 is 50.4 Å². The summed E-state index contributed by atoms with van der Waals surface area (Å²) in [5.41, 5.74) is 3.36. The highest BCUT2D eigenvalue weighted by atomic mass is 127. The highest BCUT2D eigenvalue weighted by molar-refractivity contribution is 14.1. The minimum Gasteiger partial charge on any atom is -0.298 e. The number of fused-ring (bicyclic) bond motifs is 2. The van der Waals surface area contributed by atoms with Crippen LogP contribution in [0.2, 0.25) is 0 Å². The Morgan fingerprint density at radius 3 is 1.65 bits per heavy atom. The Labute approximate surface area is 283 Å². The van der Waals surface area contributed by atoms with Gasteiger partial charge in [0, 0.05) is 26.1 Å². The maximum Gasteiger partial charge on any atom is 0.416 e. The lowest BCUT2D eigenvalue weighted by atomic mass is 9.98. The van der Waals surface area contributed by atoms with E-state index < -0.39 is 23.5 Å². The Morgan fingerprint density at radius 2 is 1.12 bits per heavy atom. The highest BCUT2D eigenvalue weighted by Gasteiger charge is 2.33. The lowest BCUT2D eigenvalue weighted by Crippen LogP contribution is -2.06. The number of benzene rings is 5. The van der Waals surface area contributed by atoms with Crippen molar-refractivity contribution in [1.29, 1.82) is 0 Å². The van der Waals surface area contributed by atoms with E-state index in [1.807, 2.05) is 83.3 Å². The molecule has 0 atom stereocenters. The van der Waals surface area contributed by atoms with Crippen LogP contribution in [-0.4, -0.2) is 24.9 Å². The molecule has 12 heteroatoms. The molecule has 0 aliphatic rings. The average molecular weight is 768 g/mol. The Balaban J connectivity index is 0.000000177. The molecule has 242 valence electrons. The smallest absolute Gasteiger partial charge is 0.298 e. The van der Waals surface area contributed by atoms with Crippen LogP contribution in [0.5, 0.6) is 0 Å². The van der Waals surface area contributed by atoms with Crippen LogP contribution in [0.3, 0.4) is 0 Å². The Bertz CT molecular complexity index is 2260. The van der Waals surface area contributed by atoms with Crippen LogP contribution in [0.1, 0.15) is 28.4 Å². The van der Waals surface area contributed by atoms with Crippen molar-refractivity contribution in [2.45, 2.75) is 19.3 Å². The molecule has 0 amide bonds. The summed E-state index contributed by atoms with van der Waals surface area (Å²) in [6, 6.07) is 29.7. The van der Waals surface area contributed by atoms with Gasteiger partial charge in [0.15, 0.2) is 5.78 Å². The zero-order valence-electron chi connectivity index (χ0n) is 24.9. The standard InChI is InChI=1S/C22H15F3N2O.C14H8F3IN2/c1-14(28)15-6-5-7-16(10-15)19-11-17(22(23,24)25)12-20-21(19)27(13-26-20)18-8-3-2-4-9-18;15-14(16,17)9-6-11(18)13-12(7-9)19-8-20(13)10-4-2-1-3-5-10/h2-13H,1H3;1-8H. The summed E-state index contributed by atoms with van der Waals surface area (Å²) >= 11 is 1.91. The zero-order valence-corrected chi connectivity index (χ0v) is 27.0. The number of ketones is 1. The highest BCUT2D eigenvalue weighted by Crippen LogP contribution is 2.38. The number of imidazole rings is 2. The largest absolute Gasteiger partial charge is 0.416 e. The van der Waals surface area contributed by atoms with Gasteiger partial charge in [0.05, 0.1) is 33.2 Å². The monoisotopic (exact) mass is 768 g/mol. The van der Waals surface area contributed by atoms with Gasteiger partial charge < -0.3 is 0 Å². The van der Waals surface area contributed by atoms with Gasteiger partial charge in [0.25, 0.3) is 0 Å². The maximum absolute atomic E-state index is 13.5. The summed E-state index contributed by atoms with van der Waals surface area (Å²) in [7, 11) is 0. The second kappa shape index (κ2) is 12.9.